The van der Waals surface area contributed by atoms with E-state index in [4.69, 9.17) is 10.8 Å². The third-order valence-corrected chi connectivity index (χ3v) is 3.32. The first kappa shape index (κ1) is 19.4. The van der Waals surface area contributed by atoms with Crippen LogP contribution in [0, 0.1) is 11.8 Å². The number of hydrogen-bond donors (Lipinski definition) is 4. The number of carboxylic acids is 1. The van der Waals surface area contributed by atoms with Gasteiger partial charge in [-0.25, -0.2) is 4.79 Å². The average molecular weight is 301 g/mol. The second-order valence-corrected chi connectivity index (χ2v) is 5.66. The van der Waals surface area contributed by atoms with Gasteiger partial charge in [-0.1, -0.05) is 34.1 Å². The fourth-order valence-corrected chi connectivity index (χ4v) is 1.89. The highest BCUT2D eigenvalue weighted by molar-refractivity contribution is 5.91. The highest BCUT2D eigenvalue weighted by atomic mass is 16.4. The van der Waals surface area contributed by atoms with E-state index in [-0.39, 0.29) is 18.4 Å². The summed E-state index contributed by atoms with van der Waals surface area (Å²) in [5.74, 6) is -1.99. The van der Waals surface area contributed by atoms with Crippen molar-refractivity contribution in [3.05, 3.63) is 0 Å². The van der Waals surface area contributed by atoms with E-state index in [1.807, 2.05) is 27.7 Å². The maximum atomic E-state index is 12.3. The lowest BCUT2D eigenvalue weighted by molar-refractivity contribution is -0.143. The van der Waals surface area contributed by atoms with Gasteiger partial charge >= 0.3 is 5.97 Å². The molecule has 0 aliphatic rings. The molecular weight excluding hydrogens is 274 g/mol. The molecule has 0 radical (unpaired) electrons. The van der Waals surface area contributed by atoms with Crippen LogP contribution < -0.4 is 16.4 Å². The fourth-order valence-electron chi connectivity index (χ4n) is 1.89. The van der Waals surface area contributed by atoms with Crippen LogP contribution in [0.1, 0.15) is 40.5 Å². The molecule has 3 atom stereocenters. The normalized spacial score (nSPS) is 15.1. The Morgan fingerprint density at radius 1 is 1.14 bits per heavy atom. The number of carboxylic acid groups (broad SMARTS) is 1. The Balaban J connectivity index is 4.92. The number of nitrogens with one attached hydrogen (secondary N) is 2. The Bertz CT molecular complexity index is 371. The molecule has 21 heavy (non-hydrogen) atoms. The number of aliphatic carboxylic acids is 1. The van der Waals surface area contributed by atoms with Gasteiger partial charge in [0.15, 0.2) is 0 Å². The Morgan fingerprint density at radius 3 is 2.10 bits per heavy atom. The van der Waals surface area contributed by atoms with Crippen molar-refractivity contribution in [1.82, 2.24) is 10.6 Å². The molecule has 0 aromatic carbocycles. The van der Waals surface area contributed by atoms with E-state index in [0.717, 1.165) is 0 Å². The van der Waals surface area contributed by atoms with Gasteiger partial charge in [0.25, 0.3) is 0 Å². The minimum Gasteiger partial charge on any atom is -0.480 e. The predicted molar refractivity (Wildman–Crippen MR) is 79.5 cm³/mol. The van der Waals surface area contributed by atoms with E-state index in [1.54, 1.807) is 0 Å². The number of rotatable bonds is 9. The zero-order valence-corrected chi connectivity index (χ0v) is 13.2. The van der Waals surface area contributed by atoms with Gasteiger partial charge in [-0.3, -0.25) is 9.59 Å². The summed E-state index contributed by atoms with van der Waals surface area (Å²) in [6, 6.07) is -1.74. The summed E-state index contributed by atoms with van der Waals surface area (Å²) >= 11 is 0. The van der Waals surface area contributed by atoms with Crippen molar-refractivity contribution in [3.8, 4) is 0 Å². The Hall–Kier alpha value is -1.63. The van der Waals surface area contributed by atoms with Gasteiger partial charge in [0, 0.05) is 0 Å². The summed E-state index contributed by atoms with van der Waals surface area (Å²) in [7, 11) is 0. The summed E-state index contributed by atoms with van der Waals surface area (Å²) in [6.45, 7) is 7.26. The molecule has 0 heterocycles. The third-order valence-electron chi connectivity index (χ3n) is 3.32. The molecule has 122 valence electrons. The van der Waals surface area contributed by atoms with Gasteiger partial charge in [0.05, 0.1) is 6.54 Å². The van der Waals surface area contributed by atoms with Crippen molar-refractivity contribution in [2.24, 2.45) is 17.6 Å². The van der Waals surface area contributed by atoms with Crippen LogP contribution in [-0.2, 0) is 14.4 Å². The molecule has 7 heteroatoms. The molecule has 0 spiro atoms. The molecule has 0 aliphatic carbocycles. The maximum Gasteiger partial charge on any atom is 0.326 e. The zero-order valence-electron chi connectivity index (χ0n) is 13.2. The molecule has 0 bridgehead atoms. The van der Waals surface area contributed by atoms with Gasteiger partial charge in [-0.2, -0.15) is 0 Å². The van der Waals surface area contributed by atoms with Crippen molar-refractivity contribution >= 4 is 17.8 Å². The molecule has 0 rings (SSSR count). The first-order valence-corrected chi connectivity index (χ1v) is 7.25. The number of hydrogen-bond acceptors (Lipinski definition) is 4. The number of amides is 2. The van der Waals surface area contributed by atoms with Crippen molar-refractivity contribution in [1.29, 1.82) is 0 Å². The molecule has 0 saturated carbocycles. The summed E-state index contributed by atoms with van der Waals surface area (Å²) < 4.78 is 0. The van der Waals surface area contributed by atoms with Crippen LogP contribution in [0.5, 0.6) is 0 Å². The third kappa shape index (κ3) is 7.08. The summed E-state index contributed by atoms with van der Waals surface area (Å²) in [5, 5.41) is 14.2. The van der Waals surface area contributed by atoms with Crippen LogP contribution in [0.2, 0.25) is 0 Å². The first-order chi connectivity index (χ1) is 9.72. The average Bonchev–Trinajstić information content (AvgIpc) is 2.41. The zero-order chi connectivity index (χ0) is 16.6. The standard InChI is InChI=1S/C14H27N3O4/c1-5-9(4)12(17-11(18)7-15)13(19)16-10(14(20)21)6-8(2)3/h8-10,12H,5-7,15H2,1-4H3,(H,16,19)(H,17,18)(H,20,21)/t9-,10-,12-/m0/s1. The monoisotopic (exact) mass is 301 g/mol. The molecule has 2 amide bonds. The van der Waals surface area contributed by atoms with E-state index < -0.39 is 29.9 Å². The second-order valence-electron chi connectivity index (χ2n) is 5.66. The lowest BCUT2D eigenvalue weighted by Gasteiger charge is -2.25. The molecular formula is C14H27N3O4. The van der Waals surface area contributed by atoms with Crippen LogP contribution in [0.25, 0.3) is 0 Å². The SMILES string of the molecule is CC[C@H](C)[C@H](NC(=O)CN)C(=O)N[C@@H](CC(C)C)C(=O)O. The first-order valence-electron chi connectivity index (χ1n) is 7.25. The van der Waals surface area contributed by atoms with Gasteiger partial charge in [0.2, 0.25) is 11.8 Å². The fraction of sp³-hybridized carbons (Fsp3) is 0.786. The van der Waals surface area contributed by atoms with Crippen LogP contribution in [0.15, 0.2) is 0 Å². The van der Waals surface area contributed by atoms with Crippen molar-refractivity contribution in [2.45, 2.75) is 52.6 Å². The smallest absolute Gasteiger partial charge is 0.326 e. The summed E-state index contributed by atoms with van der Waals surface area (Å²) in [5.41, 5.74) is 5.24. The topological polar surface area (TPSA) is 122 Å². The van der Waals surface area contributed by atoms with E-state index >= 15 is 0 Å². The molecule has 0 unspecified atom stereocenters. The van der Waals surface area contributed by atoms with Crippen LogP contribution in [-0.4, -0.2) is 41.5 Å². The van der Waals surface area contributed by atoms with E-state index in [0.29, 0.717) is 12.8 Å². The van der Waals surface area contributed by atoms with Crippen molar-refractivity contribution < 1.29 is 19.5 Å². The Morgan fingerprint density at radius 2 is 1.71 bits per heavy atom. The van der Waals surface area contributed by atoms with E-state index in [1.165, 1.54) is 0 Å². The van der Waals surface area contributed by atoms with E-state index in [2.05, 4.69) is 10.6 Å². The highest BCUT2D eigenvalue weighted by Gasteiger charge is 2.29. The second kappa shape index (κ2) is 9.33. The maximum absolute atomic E-state index is 12.3. The molecule has 0 aromatic rings. The van der Waals surface area contributed by atoms with Gasteiger partial charge in [-0.15, -0.1) is 0 Å². The molecule has 7 nitrogen and oxygen atoms in total. The predicted octanol–water partition coefficient (Wildman–Crippen LogP) is 0.0915. The lowest BCUT2D eigenvalue weighted by Crippen LogP contribution is -2.55. The van der Waals surface area contributed by atoms with Crippen molar-refractivity contribution in [3.63, 3.8) is 0 Å². The van der Waals surface area contributed by atoms with Crippen LogP contribution in [0.4, 0.5) is 0 Å². The lowest BCUT2D eigenvalue weighted by atomic mass is 9.97. The molecule has 5 N–H and O–H groups in total. The largest absolute Gasteiger partial charge is 0.480 e. The summed E-state index contributed by atoms with van der Waals surface area (Å²) in [6.07, 6.45) is 1.00. The Kier molecular flexibility index (Phi) is 8.61. The quantitative estimate of drug-likeness (QED) is 0.481. The molecule has 0 aliphatic heterocycles. The summed E-state index contributed by atoms with van der Waals surface area (Å²) in [4.78, 5) is 34.9. The Labute approximate surface area is 125 Å². The van der Waals surface area contributed by atoms with Gasteiger partial charge in [0.1, 0.15) is 12.1 Å². The van der Waals surface area contributed by atoms with Gasteiger partial charge < -0.3 is 21.5 Å². The number of carbonyl (C=O) groups excluding carboxylic acids is 2. The van der Waals surface area contributed by atoms with Crippen molar-refractivity contribution in [2.75, 3.05) is 6.54 Å². The van der Waals surface area contributed by atoms with Crippen LogP contribution in [0.3, 0.4) is 0 Å². The van der Waals surface area contributed by atoms with Gasteiger partial charge in [-0.05, 0) is 18.3 Å². The molecule has 0 fully saturated rings. The molecule has 0 aromatic heterocycles. The molecule has 0 saturated heterocycles. The minimum absolute atomic E-state index is 0.117. The number of nitrogens with two attached hydrogens (primary N) is 1. The van der Waals surface area contributed by atoms with Crippen LogP contribution >= 0.6 is 0 Å². The van der Waals surface area contributed by atoms with E-state index in [9.17, 15) is 14.4 Å². The highest BCUT2D eigenvalue weighted by Crippen LogP contribution is 2.10. The number of carbonyl (C=O) groups is 3. The minimum atomic E-state index is -1.08.